The molecule has 1 rings (SSSR count). The lowest BCUT2D eigenvalue weighted by molar-refractivity contribution is 0.354. The van der Waals surface area contributed by atoms with Crippen molar-refractivity contribution < 1.29 is 0 Å². The number of hydrogen-bond acceptors (Lipinski definition) is 0. The Hall–Kier alpha value is 0. The van der Waals surface area contributed by atoms with Crippen LogP contribution in [0.5, 0.6) is 0 Å². The molecule has 1 aliphatic carbocycles. The summed E-state index contributed by atoms with van der Waals surface area (Å²) in [4.78, 5) is 0. The molecule has 0 saturated heterocycles. The average Bonchev–Trinajstić information content (AvgIpc) is 2.12. The third-order valence-electron chi connectivity index (χ3n) is 1.60. The summed E-state index contributed by atoms with van der Waals surface area (Å²) in [6.45, 7) is 6.97. The Kier molecular flexibility index (Phi) is 14.4. The monoisotopic (exact) mass is 172 g/mol. The molecule has 0 aromatic carbocycles. The van der Waals surface area contributed by atoms with Gasteiger partial charge in [0.05, 0.1) is 0 Å². The van der Waals surface area contributed by atoms with Crippen LogP contribution in [0.1, 0.15) is 40.0 Å². The summed E-state index contributed by atoms with van der Waals surface area (Å²) in [6.07, 6.45) is 4.43. The zero-order valence-electron chi connectivity index (χ0n) is 10.2. The summed E-state index contributed by atoms with van der Waals surface area (Å²) in [7, 11) is 0. The molecule has 0 heteroatoms. The van der Waals surface area contributed by atoms with Gasteiger partial charge in [-0.05, 0) is 17.8 Å². The van der Waals surface area contributed by atoms with Crippen molar-refractivity contribution in [3.05, 3.63) is 29.7 Å². The highest BCUT2D eigenvalue weighted by Gasteiger charge is 2.26. The molecule has 12 heavy (non-hydrogen) atoms. The van der Waals surface area contributed by atoms with Crippen LogP contribution in [0.2, 0.25) is 0 Å². The molecule has 0 atom stereocenters. The molecule has 1 fully saturated rings. The van der Waals surface area contributed by atoms with Crippen molar-refractivity contribution in [3.63, 3.8) is 0 Å². The van der Waals surface area contributed by atoms with Crippen LogP contribution in [-0.4, -0.2) is 0 Å². The fourth-order valence-corrected chi connectivity index (χ4v) is 1.19. The molecule has 0 radical (unpaired) electrons. The van der Waals surface area contributed by atoms with Crippen LogP contribution in [0.15, 0.2) is 0 Å². The summed E-state index contributed by atoms with van der Waals surface area (Å²) in [5.41, 5.74) is 0.584. The number of hydrogen-bond donors (Lipinski definition) is 0. The van der Waals surface area contributed by atoms with Gasteiger partial charge in [0, 0.05) is 0 Å². The van der Waals surface area contributed by atoms with E-state index in [0.29, 0.717) is 5.41 Å². The van der Waals surface area contributed by atoms with E-state index in [2.05, 4.69) is 20.8 Å². The van der Waals surface area contributed by atoms with E-state index in [-0.39, 0.29) is 29.7 Å². The molecule has 0 amide bonds. The third kappa shape index (κ3) is 12.7. The van der Waals surface area contributed by atoms with E-state index < -0.39 is 0 Å². The Balaban J connectivity index is -0.0000000800. The molecule has 0 aliphatic heterocycles. The molecule has 0 heterocycles. The maximum atomic E-state index is 2.32. The first kappa shape index (κ1) is 22.7. The van der Waals surface area contributed by atoms with Crippen LogP contribution in [0, 0.1) is 41.0 Å². The molecule has 80 valence electrons. The lowest BCUT2D eigenvalue weighted by Crippen LogP contribution is -2.04. The van der Waals surface area contributed by atoms with Gasteiger partial charge in [0.15, 0.2) is 0 Å². The Morgan fingerprint density at radius 3 is 1.33 bits per heavy atom. The Morgan fingerprint density at radius 1 is 0.917 bits per heavy atom. The second-order valence-corrected chi connectivity index (χ2v) is 4.21. The van der Waals surface area contributed by atoms with Crippen molar-refractivity contribution in [2.24, 2.45) is 11.3 Å². The van der Waals surface area contributed by atoms with Gasteiger partial charge in [-0.3, -0.25) is 0 Å². The molecule has 0 bridgehead atoms. The lowest BCUT2D eigenvalue weighted by Gasteiger charge is -2.16. The maximum absolute atomic E-state index is 2.32. The lowest BCUT2D eigenvalue weighted by atomic mass is 9.90. The van der Waals surface area contributed by atoms with Crippen molar-refractivity contribution in [1.82, 2.24) is 0 Å². The molecule has 0 aromatic rings. The summed E-state index contributed by atoms with van der Waals surface area (Å²) in [5, 5.41) is 0. The molecule has 0 unspecified atom stereocenters. The third-order valence-corrected chi connectivity index (χ3v) is 1.60. The van der Waals surface area contributed by atoms with E-state index in [0.717, 1.165) is 5.92 Å². The molecule has 1 aliphatic rings. The van der Waals surface area contributed by atoms with Crippen molar-refractivity contribution in [3.8, 4) is 0 Å². The minimum absolute atomic E-state index is 0. The highest BCUT2D eigenvalue weighted by atomic mass is 14.3. The minimum Gasteiger partial charge on any atom is -0.358 e. The van der Waals surface area contributed by atoms with Crippen molar-refractivity contribution in [2.75, 3.05) is 0 Å². The SMILES string of the molecule is CC(C)(C)CC1CC1.[CH3-].[CH3-].[CH3-].[CH3-]. The first-order chi connectivity index (χ1) is 3.58. The van der Waals surface area contributed by atoms with Crippen LogP contribution in [-0.2, 0) is 0 Å². The zero-order valence-corrected chi connectivity index (χ0v) is 10.2. The molecule has 0 spiro atoms. The van der Waals surface area contributed by atoms with Gasteiger partial charge >= 0.3 is 0 Å². The summed E-state index contributed by atoms with van der Waals surface area (Å²) in [5.74, 6) is 1.09. The van der Waals surface area contributed by atoms with Gasteiger partial charge in [-0.25, -0.2) is 0 Å². The Bertz CT molecular complexity index is 72.5. The number of rotatable bonds is 1. The van der Waals surface area contributed by atoms with Gasteiger partial charge in [0.25, 0.3) is 0 Å². The molecule has 0 aromatic heterocycles. The first-order valence-corrected chi connectivity index (χ1v) is 3.58. The second-order valence-electron chi connectivity index (χ2n) is 4.21. The Morgan fingerprint density at radius 2 is 1.25 bits per heavy atom. The first-order valence-electron chi connectivity index (χ1n) is 3.58. The van der Waals surface area contributed by atoms with Gasteiger partial charge in [0.1, 0.15) is 0 Å². The van der Waals surface area contributed by atoms with E-state index >= 15 is 0 Å². The van der Waals surface area contributed by atoms with Gasteiger partial charge < -0.3 is 29.7 Å². The summed E-state index contributed by atoms with van der Waals surface area (Å²) >= 11 is 0. The van der Waals surface area contributed by atoms with Crippen LogP contribution in [0.3, 0.4) is 0 Å². The predicted molar refractivity (Wildman–Crippen MR) is 62.5 cm³/mol. The molecular weight excluding hydrogens is 144 g/mol. The van der Waals surface area contributed by atoms with Crippen molar-refractivity contribution >= 4 is 0 Å². The fourth-order valence-electron chi connectivity index (χ4n) is 1.19. The molecule has 0 nitrogen and oxygen atoms in total. The standard InChI is InChI=1S/C8H16.4CH3/c1-8(2,3)6-7-4-5-7;;;;/h7H,4-6H2,1-3H3;4*1H3/q;4*-1. The van der Waals surface area contributed by atoms with Crippen LogP contribution >= 0.6 is 0 Å². The van der Waals surface area contributed by atoms with Crippen LogP contribution < -0.4 is 0 Å². The highest BCUT2D eigenvalue weighted by Crippen LogP contribution is 2.39. The van der Waals surface area contributed by atoms with E-state index in [1.54, 1.807) is 0 Å². The smallest absolute Gasteiger partial charge is 0.0380 e. The minimum atomic E-state index is 0. The van der Waals surface area contributed by atoms with Gasteiger partial charge in [-0.15, -0.1) is 0 Å². The normalized spacial score (nSPS) is 14.2. The topological polar surface area (TPSA) is 0 Å². The van der Waals surface area contributed by atoms with Gasteiger partial charge in [-0.1, -0.05) is 33.6 Å². The van der Waals surface area contributed by atoms with Gasteiger partial charge in [-0.2, -0.15) is 0 Å². The zero-order chi connectivity index (χ0) is 6.20. The quantitative estimate of drug-likeness (QED) is 0.506. The average molecular weight is 172 g/mol. The van der Waals surface area contributed by atoms with Gasteiger partial charge in [0.2, 0.25) is 0 Å². The van der Waals surface area contributed by atoms with E-state index in [1.165, 1.54) is 19.3 Å². The van der Waals surface area contributed by atoms with E-state index in [1.807, 2.05) is 0 Å². The second kappa shape index (κ2) is 7.64. The fraction of sp³-hybridized carbons (Fsp3) is 0.667. The molecular formula is C12H28-4. The molecule has 1 saturated carbocycles. The Labute approximate surface area is 81.8 Å². The summed E-state index contributed by atoms with van der Waals surface area (Å²) < 4.78 is 0. The largest absolute Gasteiger partial charge is 0.358 e. The maximum Gasteiger partial charge on any atom is -0.0380 e. The van der Waals surface area contributed by atoms with Crippen molar-refractivity contribution in [1.29, 1.82) is 0 Å². The van der Waals surface area contributed by atoms with Crippen LogP contribution in [0.25, 0.3) is 0 Å². The van der Waals surface area contributed by atoms with Crippen LogP contribution in [0.4, 0.5) is 0 Å². The highest BCUT2D eigenvalue weighted by molar-refractivity contribution is 4.78. The van der Waals surface area contributed by atoms with Crippen molar-refractivity contribution in [2.45, 2.75) is 40.0 Å². The summed E-state index contributed by atoms with van der Waals surface area (Å²) in [6, 6.07) is 0. The molecule has 0 N–H and O–H groups in total. The predicted octanol–water partition coefficient (Wildman–Crippen LogP) is 4.63. The van der Waals surface area contributed by atoms with E-state index in [9.17, 15) is 0 Å². The van der Waals surface area contributed by atoms with E-state index in [4.69, 9.17) is 0 Å².